The largest absolute Gasteiger partial charge is 0.454 e. The van der Waals surface area contributed by atoms with Gasteiger partial charge in [-0.05, 0) is 31.8 Å². The normalized spacial score (nSPS) is 14.1. The SMILES string of the molecule is CN(C)C/C=C/c1ccc2c(c1)OCO2. The maximum atomic E-state index is 5.30. The minimum absolute atomic E-state index is 0.334. The summed E-state index contributed by atoms with van der Waals surface area (Å²) in [5.41, 5.74) is 1.14. The number of benzene rings is 1. The number of ether oxygens (including phenoxy) is 2. The molecule has 0 radical (unpaired) electrons. The van der Waals surface area contributed by atoms with Crippen LogP contribution in [-0.2, 0) is 0 Å². The molecule has 15 heavy (non-hydrogen) atoms. The zero-order chi connectivity index (χ0) is 10.7. The fourth-order valence-electron chi connectivity index (χ4n) is 1.42. The maximum absolute atomic E-state index is 5.30. The number of nitrogens with zero attached hydrogens (tertiary/aromatic N) is 1. The Morgan fingerprint density at radius 1 is 1.27 bits per heavy atom. The van der Waals surface area contributed by atoms with Gasteiger partial charge in [0, 0.05) is 6.54 Å². The molecule has 1 heterocycles. The second kappa shape index (κ2) is 4.36. The minimum Gasteiger partial charge on any atom is -0.454 e. The molecule has 1 aromatic rings. The van der Waals surface area contributed by atoms with E-state index in [1.54, 1.807) is 0 Å². The fraction of sp³-hybridized carbons (Fsp3) is 0.333. The molecular formula is C12H15NO2. The molecular weight excluding hydrogens is 190 g/mol. The third-order valence-corrected chi connectivity index (χ3v) is 2.18. The first-order chi connectivity index (χ1) is 7.25. The van der Waals surface area contributed by atoms with Crippen molar-refractivity contribution in [2.75, 3.05) is 27.4 Å². The molecule has 1 aliphatic heterocycles. The van der Waals surface area contributed by atoms with E-state index in [1.165, 1.54) is 0 Å². The lowest BCUT2D eigenvalue weighted by atomic mass is 10.2. The van der Waals surface area contributed by atoms with Crippen molar-refractivity contribution < 1.29 is 9.47 Å². The number of hydrogen-bond donors (Lipinski definition) is 0. The monoisotopic (exact) mass is 205 g/mol. The summed E-state index contributed by atoms with van der Waals surface area (Å²) >= 11 is 0. The smallest absolute Gasteiger partial charge is 0.231 e. The van der Waals surface area contributed by atoms with Gasteiger partial charge in [0.25, 0.3) is 0 Å². The zero-order valence-corrected chi connectivity index (χ0v) is 9.06. The van der Waals surface area contributed by atoms with Crippen LogP contribution in [0.4, 0.5) is 0 Å². The van der Waals surface area contributed by atoms with Crippen molar-refractivity contribution >= 4 is 6.08 Å². The Balaban J connectivity index is 2.07. The molecule has 0 amide bonds. The van der Waals surface area contributed by atoms with Crippen LogP contribution < -0.4 is 9.47 Å². The van der Waals surface area contributed by atoms with Gasteiger partial charge < -0.3 is 14.4 Å². The van der Waals surface area contributed by atoms with Gasteiger partial charge in [0.15, 0.2) is 11.5 Å². The molecule has 0 fully saturated rings. The third kappa shape index (κ3) is 2.50. The zero-order valence-electron chi connectivity index (χ0n) is 9.06. The highest BCUT2D eigenvalue weighted by molar-refractivity contribution is 5.56. The summed E-state index contributed by atoms with van der Waals surface area (Å²) in [6.07, 6.45) is 4.21. The Morgan fingerprint density at radius 2 is 2.07 bits per heavy atom. The van der Waals surface area contributed by atoms with Crippen molar-refractivity contribution in [3.05, 3.63) is 29.8 Å². The van der Waals surface area contributed by atoms with Gasteiger partial charge in [-0.1, -0.05) is 18.2 Å². The van der Waals surface area contributed by atoms with Crippen LogP contribution in [0.15, 0.2) is 24.3 Å². The first-order valence-corrected chi connectivity index (χ1v) is 4.96. The molecule has 0 saturated heterocycles. The maximum Gasteiger partial charge on any atom is 0.231 e. The molecule has 2 rings (SSSR count). The lowest BCUT2D eigenvalue weighted by molar-refractivity contribution is 0.174. The standard InChI is InChI=1S/C12H15NO2/c1-13(2)7-3-4-10-5-6-11-12(8-10)15-9-14-11/h3-6,8H,7,9H2,1-2H3/b4-3+. The van der Waals surface area contributed by atoms with E-state index in [-0.39, 0.29) is 0 Å². The van der Waals surface area contributed by atoms with Crippen LogP contribution in [0.5, 0.6) is 11.5 Å². The van der Waals surface area contributed by atoms with Crippen LogP contribution in [-0.4, -0.2) is 32.3 Å². The summed E-state index contributed by atoms with van der Waals surface area (Å²) in [4.78, 5) is 2.11. The number of rotatable bonds is 3. The molecule has 0 aromatic heterocycles. The predicted octanol–water partition coefficient (Wildman–Crippen LogP) is 1.99. The fourth-order valence-corrected chi connectivity index (χ4v) is 1.42. The summed E-state index contributed by atoms with van der Waals surface area (Å²) in [6.45, 7) is 1.27. The molecule has 0 bridgehead atoms. The predicted molar refractivity (Wildman–Crippen MR) is 60.2 cm³/mol. The number of fused-ring (bicyclic) bond motifs is 1. The first kappa shape index (κ1) is 10.1. The topological polar surface area (TPSA) is 21.7 Å². The van der Waals surface area contributed by atoms with E-state index in [0.717, 1.165) is 23.6 Å². The molecule has 0 unspecified atom stereocenters. The highest BCUT2D eigenvalue weighted by Gasteiger charge is 2.11. The van der Waals surface area contributed by atoms with E-state index in [0.29, 0.717) is 6.79 Å². The quantitative estimate of drug-likeness (QED) is 0.753. The van der Waals surface area contributed by atoms with Gasteiger partial charge in [0.2, 0.25) is 6.79 Å². The Hall–Kier alpha value is -1.48. The molecule has 1 aromatic carbocycles. The van der Waals surface area contributed by atoms with Gasteiger partial charge in [0.1, 0.15) is 0 Å². The van der Waals surface area contributed by atoms with Gasteiger partial charge in [-0.15, -0.1) is 0 Å². The third-order valence-electron chi connectivity index (χ3n) is 2.18. The summed E-state index contributed by atoms with van der Waals surface area (Å²) in [6, 6.07) is 5.96. The van der Waals surface area contributed by atoms with Crippen molar-refractivity contribution in [1.82, 2.24) is 4.90 Å². The Labute approximate surface area is 89.9 Å². The molecule has 3 heteroatoms. The Kier molecular flexibility index (Phi) is 2.92. The van der Waals surface area contributed by atoms with E-state index >= 15 is 0 Å². The van der Waals surface area contributed by atoms with Crippen molar-refractivity contribution in [2.24, 2.45) is 0 Å². The molecule has 0 saturated carbocycles. The van der Waals surface area contributed by atoms with Crippen LogP contribution in [0.25, 0.3) is 6.08 Å². The van der Waals surface area contributed by atoms with Gasteiger partial charge >= 0.3 is 0 Å². The second-order valence-corrected chi connectivity index (χ2v) is 3.78. The lowest BCUT2D eigenvalue weighted by Crippen LogP contribution is -2.10. The van der Waals surface area contributed by atoms with Crippen LogP contribution >= 0.6 is 0 Å². The van der Waals surface area contributed by atoms with Crippen molar-refractivity contribution in [3.8, 4) is 11.5 Å². The summed E-state index contributed by atoms with van der Waals surface area (Å²) < 4.78 is 10.5. The van der Waals surface area contributed by atoms with E-state index < -0.39 is 0 Å². The molecule has 0 spiro atoms. The van der Waals surface area contributed by atoms with Gasteiger partial charge in [-0.2, -0.15) is 0 Å². The average molecular weight is 205 g/mol. The van der Waals surface area contributed by atoms with Crippen molar-refractivity contribution in [2.45, 2.75) is 0 Å². The molecule has 0 aliphatic carbocycles. The van der Waals surface area contributed by atoms with E-state index in [2.05, 4.69) is 17.1 Å². The van der Waals surface area contributed by atoms with E-state index in [9.17, 15) is 0 Å². The molecule has 80 valence electrons. The molecule has 0 N–H and O–H groups in total. The highest BCUT2D eigenvalue weighted by atomic mass is 16.7. The number of likely N-dealkylation sites (N-methyl/N-ethyl adjacent to an activating group) is 1. The average Bonchev–Trinajstić information content (AvgIpc) is 2.64. The van der Waals surface area contributed by atoms with E-state index in [1.807, 2.05) is 32.3 Å². The minimum atomic E-state index is 0.334. The second-order valence-electron chi connectivity index (χ2n) is 3.78. The van der Waals surface area contributed by atoms with Gasteiger partial charge in [0.05, 0.1) is 0 Å². The lowest BCUT2D eigenvalue weighted by Gasteiger charge is -2.03. The Morgan fingerprint density at radius 3 is 2.87 bits per heavy atom. The van der Waals surface area contributed by atoms with Crippen molar-refractivity contribution in [1.29, 1.82) is 0 Å². The van der Waals surface area contributed by atoms with Crippen LogP contribution in [0.3, 0.4) is 0 Å². The van der Waals surface area contributed by atoms with Crippen LogP contribution in [0.2, 0.25) is 0 Å². The van der Waals surface area contributed by atoms with E-state index in [4.69, 9.17) is 9.47 Å². The van der Waals surface area contributed by atoms with Crippen LogP contribution in [0, 0.1) is 0 Å². The number of hydrogen-bond acceptors (Lipinski definition) is 3. The van der Waals surface area contributed by atoms with Gasteiger partial charge in [-0.3, -0.25) is 0 Å². The van der Waals surface area contributed by atoms with Crippen molar-refractivity contribution in [3.63, 3.8) is 0 Å². The highest BCUT2D eigenvalue weighted by Crippen LogP contribution is 2.32. The summed E-state index contributed by atoms with van der Waals surface area (Å²) in [7, 11) is 4.09. The molecule has 0 atom stereocenters. The van der Waals surface area contributed by atoms with Gasteiger partial charge in [-0.25, -0.2) is 0 Å². The summed E-state index contributed by atoms with van der Waals surface area (Å²) in [5.74, 6) is 1.67. The Bertz CT molecular complexity index is 372. The van der Waals surface area contributed by atoms with Crippen LogP contribution in [0.1, 0.15) is 5.56 Å². The molecule has 3 nitrogen and oxygen atoms in total. The first-order valence-electron chi connectivity index (χ1n) is 4.96. The summed E-state index contributed by atoms with van der Waals surface area (Å²) in [5, 5.41) is 0. The molecule has 1 aliphatic rings.